The summed E-state index contributed by atoms with van der Waals surface area (Å²) in [4.78, 5) is 0. The van der Waals surface area contributed by atoms with Crippen molar-refractivity contribution in [1.29, 1.82) is 0 Å². The molecule has 0 aliphatic heterocycles. The molecule has 0 fully saturated rings. The smallest absolute Gasteiger partial charge is 0.105 e. The lowest BCUT2D eigenvalue weighted by atomic mass is 9.99. The van der Waals surface area contributed by atoms with E-state index in [1.54, 1.807) is 0 Å². The van der Waals surface area contributed by atoms with E-state index in [1.165, 1.54) is 11.1 Å². The molecule has 0 bridgehead atoms. The Balaban J connectivity index is 2.18. The van der Waals surface area contributed by atoms with E-state index >= 15 is 0 Å². The molecule has 102 valence electrons. The van der Waals surface area contributed by atoms with E-state index in [-0.39, 0.29) is 0 Å². The number of benzene rings is 1. The third kappa shape index (κ3) is 3.71. The van der Waals surface area contributed by atoms with Gasteiger partial charge in [0.25, 0.3) is 0 Å². The lowest BCUT2D eigenvalue weighted by molar-refractivity contribution is 0.480. The summed E-state index contributed by atoms with van der Waals surface area (Å²) in [5.41, 5.74) is 2.64. The van der Waals surface area contributed by atoms with Crippen LogP contribution in [-0.4, -0.2) is 6.54 Å². The fourth-order valence-corrected chi connectivity index (χ4v) is 2.46. The molecule has 0 spiro atoms. The van der Waals surface area contributed by atoms with Crippen LogP contribution in [0.3, 0.4) is 0 Å². The molecular formula is C17H23NO. The molecule has 1 atom stereocenters. The first-order valence-electron chi connectivity index (χ1n) is 7.05. The Bertz CT molecular complexity index is 501. The summed E-state index contributed by atoms with van der Waals surface area (Å²) in [6, 6.07) is 13.1. The maximum Gasteiger partial charge on any atom is 0.105 e. The quantitative estimate of drug-likeness (QED) is 0.839. The summed E-state index contributed by atoms with van der Waals surface area (Å²) in [6.07, 6.45) is 2.14. The van der Waals surface area contributed by atoms with Gasteiger partial charge in [0.2, 0.25) is 0 Å². The normalized spacial score (nSPS) is 12.6. The molecule has 1 unspecified atom stereocenters. The van der Waals surface area contributed by atoms with E-state index in [0.717, 1.165) is 30.9 Å². The maximum atomic E-state index is 5.67. The fourth-order valence-electron chi connectivity index (χ4n) is 2.46. The molecular weight excluding hydrogens is 234 g/mol. The molecule has 1 aromatic heterocycles. The van der Waals surface area contributed by atoms with Gasteiger partial charge in [0.15, 0.2) is 0 Å². The monoisotopic (exact) mass is 257 g/mol. The standard InChI is InChI=1S/C17H23NO/c1-4-10-18-17(12-15-8-6-5-7-9-15)16-11-13(2)19-14(16)3/h5-9,11,17-18H,4,10,12H2,1-3H3. The van der Waals surface area contributed by atoms with Gasteiger partial charge in [-0.05, 0) is 44.9 Å². The Kier molecular flexibility index (Phi) is 4.80. The molecule has 0 saturated carbocycles. The molecule has 0 amide bonds. The first-order chi connectivity index (χ1) is 9.20. The van der Waals surface area contributed by atoms with E-state index in [9.17, 15) is 0 Å². The summed E-state index contributed by atoms with van der Waals surface area (Å²) in [7, 11) is 0. The highest BCUT2D eigenvalue weighted by Crippen LogP contribution is 2.24. The van der Waals surface area contributed by atoms with Crippen LogP contribution in [0.1, 0.15) is 42.0 Å². The SMILES string of the molecule is CCCNC(Cc1ccccc1)c1cc(C)oc1C. The van der Waals surface area contributed by atoms with E-state index in [1.807, 2.05) is 13.8 Å². The molecule has 0 saturated heterocycles. The average Bonchev–Trinajstić information content (AvgIpc) is 2.75. The topological polar surface area (TPSA) is 25.2 Å². The van der Waals surface area contributed by atoms with Crippen molar-refractivity contribution in [3.05, 3.63) is 59.0 Å². The van der Waals surface area contributed by atoms with Gasteiger partial charge in [0, 0.05) is 11.6 Å². The van der Waals surface area contributed by atoms with Crippen molar-refractivity contribution in [2.75, 3.05) is 6.54 Å². The summed E-state index contributed by atoms with van der Waals surface area (Å²) >= 11 is 0. The molecule has 1 aromatic carbocycles. The Labute approximate surface area is 115 Å². The third-order valence-corrected chi connectivity index (χ3v) is 3.38. The number of rotatable bonds is 6. The minimum Gasteiger partial charge on any atom is -0.466 e. The number of nitrogens with one attached hydrogen (secondary N) is 1. The average molecular weight is 257 g/mol. The van der Waals surface area contributed by atoms with Gasteiger partial charge in [-0.2, -0.15) is 0 Å². The number of furan rings is 1. The number of hydrogen-bond donors (Lipinski definition) is 1. The molecule has 0 aliphatic carbocycles. The molecule has 0 radical (unpaired) electrons. The van der Waals surface area contributed by atoms with Crippen molar-refractivity contribution >= 4 is 0 Å². The van der Waals surface area contributed by atoms with E-state index in [0.29, 0.717) is 6.04 Å². The van der Waals surface area contributed by atoms with Crippen molar-refractivity contribution < 1.29 is 4.42 Å². The van der Waals surface area contributed by atoms with E-state index in [4.69, 9.17) is 4.42 Å². The van der Waals surface area contributed by atoms with Gasteiger partial charge in [0.1, 0.15) is 11.5 Å². The van der Waals surface area contributed by atoms with Crippen LogP contribution in [0, 0.1) is 13.8 Å². The van der Waals surface area contributed by atoms with Gasteiger partial charge >= 0.3 is 0 Å². The summed E-state index contributed by atoms with van der Waals surface area (Å²) in [5, 5.41) is 3.63. The van der Waals surface area contributed by atoms with Crippen LogP contribution < -0.4 is 5.32 Å². The molecule has 2 aromatic rings. The van der Waals surface area contributed by atoms with Crippen LogP contribution in [0.25, 0.3) is 0 Å². The number of hydrogen-bond acceptors (Lipinski definition) is 2. The van der Waals surface area contributed by atoms with Crippen molar-refractivity contribution in [3.8, 4) is 0 Å². The summed E-state index contributed by atoms with van der Waals surface area (Å²) in [6.45, 7) is 7.28. The van der Waals surface area contributed by atoms with E-state index < -0.39 is 0 Å². The van der Waals surface area contributed by atoms with Crippen LogP contribution in [-0.2, 0) is 6.42 Å². The van der Waals surface area contributed by atoms with E-state index in [2.05, 4.69) is 48.6 Å². The Morgan fingerprint density at radius 3 is 2.47 bits per heavy atom. The van der Waals surface area contributed by atoms with Crippen LogP contribution in [0.5, 0.6) is 0 Å². The predicted molar refractivity (Wildman–Crippen MR) is 79.4 cm³/mol. The fraction of sp³-hybridized carbons (Fsp3) is 0.412. The zero-order chi connectivity index (χ0) is 13.7. The zero-order valence-corrected chi connectivity index (χ0v) is 12.1. The van der Waals surface area contributed by atoms with Gasteiger partial charge in [-0.15, -0.1) is 0 Å². The van der Waals surface area contributed by atoms with Crippen LogP contribution >= 0.6 is 0 Å². The second-order valence-electron chi connectivity index (χ2n) is 5.07. The Hall–Kier alpha value is -1.54. The van der Waals surface area contributed by atoms with Crippen LogP contribution in [0.4, 0.5) is 0 Å². The van der Waals surface area contributed by atoms with Gasteiger partial charge in [-0.3, -0.25) is 0 Å². The third-order valence-electron chi connectivity index (χ3n) is 3.38. The highest BCUT2D eigenvalue weighted by atomic mass is 16.3. The first kappa shape index (κ1) is 13.9. The second kappa shape index (κ2) is 6.58. The highest BCUT2D eigenvalue weighted by Gasteiger charge is 2.16. The van der Waals surface area contributed by atoms with Gasteiger partial charge < -0.3 is 9.73 Å². The van der Waals surface area contributed by atoms with Crippen molar-refractivity contribution in [2.24, 2.45) is 0 Å². The molecule has 1 N–H and O–H groups in total. The lowest BCUT2D eigenvalue weighted by Gasteiger charge is -2.18. The minimum absolute atomic E-state index is 0.333. The number of aryl methyl sites for hydroxylation is 2. The highest BCUT2D eigenvalue weighted by molar-refractivity contribution is 5.27. The Morgan fingerprint density at radius 2 is 1.89 bits per heavy atom. The largest absolute Gasteiger partial charge is 0.466 e. The summed E-state index contributed by atoms with van der Waals surface area (Å²) < 4.78 is 5.67. The molecule has 2 heteroatoms. The van der Waals surface area contributed by atoms with Crippen molar-refractivity contribution in [2.45, 2.75) is 39.7 Å². The van der Waals surface area contributed by atoms with Gasteiger partial charge in [-0.25, -0.2) is 0 Å². The minimum atomic E-state index is 0.333. The van der Waals surface area contributed by atoms with Crippen molar-refractivity contribution in [1.82, 2.24) is 5.32 Å². The van der Waals surface area contributed by atoms with Crippen molar-refractivity contribution in [3.63, 3.8) is 0 Å². The second-order valence-corrected chi connectivity index (χ2v) is 5.07. The first-order valence-corrected chi connectivity index (χ1v) is 7.05. The molecule has 19 heavy (non-hydrogen) atoms. The predicted octanol–water partition coefficient (Wildman–Crippen LogP) is 4.18. The zero-order valence-electron chi connectivity index (χ0n) is 12.1. The van der Waals surface area contributed by atoms with Crippen LogP contribution in [0.15, 0.2) is 40.8 Å². The maximum absolute atomic E-state index is 5.67. The Morgan fingerprint density at radius 1 is 1.16 bits per heavy atom. The van der Waals surface area contributed by atoms with Crippen LogP contribution in [0.2, 0.25) is 0 Å². The molecule has 1 heterocycles. The lowest BCUT2D eigenvalue weighted by Crippen LogP contribution is -2.24. The molecule has 2 nitrogen and oxygen atoms in total. The molecule has 0 aliphatic rings. The van der Waals surface area contributed by atoms with Gasteiger partial charge in [-0.1, -0.05) is 37.3 Å². The summed E-state index contributed by atoms with van der Waals surface area (Å²) in [5.74, 6) is 2.02. The molecule has 2 rings (SSSR count). The van der Waals surface area contributed by atoms with Gasteiger partial charge in [0.05, 0.1) is 0 Å².